The number of fused-ring (bicyclic) bond motifs is 26. The molecular weight excluding hydrogens is 907 g/mol. The summed E-state index contributed by atoms with van der Waals surface area (Å²) in [7, 11) is 0. The summed E-state index contributed by atoms with van der Waals surface area (Å²) < 4.78 is 7.38. The van der Waals surface area contributed by atoms with Crippen molar-refractivity contribution in [2.45, 2.75) is 30.1 Å². The summed E-state index contributed by atoms with van der Waals surface area (Å²) in [4.78, 5) is 2.60. The molecule has 5 aliphatic rings. The Kier molecular flexibility index (Phi) is 7.97. The first-order chi connectivity index (χ1) is 37.0. The van der Waals surface area contributed by atoms with Gasteiger partial charge in [-0.2, -0.15) is 0 Å². The second-order valence-electron chi connectivity index (χ2n) is 21.8. The number of hydrogen-bond acceptors (Lipinski definition) is 2. The van der Waals surface area contributed by atoms with E-state index in [1.165, 1.54) is 89.0 Å². The highest BCUT2D eigenvalue weighted by Crippen LogP contribution is 2.67. The van der Waals surface area contributed by atoms with Crippen molar-refractivity contribution in [1.29, 1.82) is 0 Å². The van der Waals surface area contributed by atoms with Crippen LogP contribution in [0.3, 0.4) is 0 Å². The Labute approximate surface area is 436 Å². The standard InChI is InChI=1S/C73H47NO/c1-71(2)57-27-12-7-22-50(57)54-38-36-46(42-65(54)71)74(47-37-39-55-53-25-10-15-30-60(53)72(66(55)43-47)58-28-13-8-23-51(58)52-24-9-14-29-59(52)72)67-33-17-32-62-68(67)56-26-11-16-31-61(56)73(62)63-40-34-44-18-3-5-20-48(44)69(63)75-70-49-21-6-4-19-45(49)35-41-64(70)73/h3-43H,1-2H3. The lowest BCUT2D eigenvalue weighted by molar-refractivity contribution is 0.447. The van der Waals surface area contributed by atoms with E-state index in [1.54, 1.807) is 0 Å². The van der Waals surface area contributed by atoms with E-state index in [0.29, 0.717) is 0 Å². The normalized spacial score (nSPS) is 15.2. The quantitative estimate of drug-likeness (QED) is 0.175. The first-order valence-corrected chi connectivity index (χ1v) is 26.4. The van der Waals surface area contributed by atoms with Crippen LogP contribution < -0.4 is 9.64 Å². The van der Waals surface area contributed by atoms with Crippen LogP contribution in [0.1, 0.15) is 69.5 Å². The summed E-state index contributed by atoms with van der Waals surface area (Å²) in [6, 6.07) is 94.0. The number of ether oxygens (including phenoxy) is 1. The van der Waals surface area contributed by atoms with Gasteiger partial charge in [-0.25, -0.2) is 0 Å². The highest BCUT2D eigenvalue weighted by Gasteiger charge is 2.54. The van der Waals surface area contributed by atoms with E-state index >= 15 is 0 Å². The molecule has 12 aromatic rings. The van der Waals surface area contributed by atoms with E-state index in [0.717, 1.165) is 61.2 Å². The van der Waals surface area contributed by atoms with Gasteiger partial charge in [0.15, 0.2) is 0 Å². The van der Waals surface area contributed by atoms with E-state index in [1.807, 2.05) is 0 Å². The molecule has 0 amide bonds. The average Bonchev–Trinajstić information content (AvgIpc) is 4.15. The molecule has 1 heterocycles. The van der Waals surface area contributed by atoms with Crippen molar-refractivity contribution < 1.29 is 4.74 Å². The van der Waals surface area contributed by atoms with Gasteiger partial charge in [0.1, 0.15) is 11.5 Å². The molecule has 0 radical (unpaired) electrons. The van der Waals surface area contributed by atoms with E-state index in [9.17, 15) is 0 Å². The summed E-state index contributed by atoms with van der Waals surface area (Å²) in [5, 5.41) is 4.54. The fraction of sp³-hybridized carbons (Fsp3) is 0.0685. The van der Waals surface area contributed by atoms with Gasteiger partial charge in [0, 0.05) is 44.3 Å². The highest BCUT2D eigenvalue weighted by molar-refractivity contribution is 6.04. The Balaban J connectivity index is 0.981. The Morgan fingerprint density at radius 1 is 0.293 bits per heavy atom. The Bertz CT molecular complexity index is 4370. The number of hydrogen-bond donors (Lipinski definition) is 0. The second kappa shape index (κ2) is 14.5. The third-order valence-corrected chi connectivity index (χ3v) is 18.1. The van der Waals surface area contributed by atoms with Crippen molar-refractivity contribution in [1.82, 2.24) is 0 Å². The summed E-state index contributed by atoms with van der Waals surface area (Å²) in [6.07, 6.45) is 0. The summed E-state index contributed by atoms with van der Waals surface area (Å²) in [5.74, 6) is 1.84. The zero-order valence-electron chi connectivity index (χ0n) is 41.5. The molecule has 2 spiro atoms. The van der Waals surface area contributed by atoms with Crippen LogP contribution in [0.2, 0.25) is 0 Å². The van der Waals surface area contributed by atoms with Gasteiger partial charge >= 0.3 is 0 Å². The third-order valence-electron chi connectivity index (χ3n) is 18.1. The lowest BCUT2D eigenvalue weighted by atomic mass is 9.65. The maximum atomic E-state index is 7.38. The van der Waals surface area contributed by atoms with Crippen LogP contribution in [0, 0.1) is 0 Å². The molecule has 0 saturated heterocycles. The van der Waals surface area contributed by atoms with Crippen molar-refractivity contribution in [3.8, 4) is 56.0 Å². The molecule has 0 saturated carbocycles. The Hall–Kier alpha value is -9.24. The Morgan fingerprint density at radius 2 is 0.693 bits per heavy atom. The molecule has 4 aliphatic carbocycles. The number of anilines is 3. The predicted molar refractivity (Wildman–Crippen MR) is 307 cm³/mol. The summed E-state index contributed by atoms with van der Waals surface area (Å²) >= 11 is 0. The molecule has 75 heavy (non-hydrogen) atoms. The second-order valence-corrected chi connectivity index (χ2v) is 21.8. The van der Waals surface area contributed by atoms with Crippen LogP contribution >= 0.6 is 0 Å². The van der Waals surface area contributed by atoms with Gasteiger partial charge in [-0.05, 0) is 125 Å². The number of rotatable bonds is 3. The van der Waals surface area contributed by atoms with Crippen LogP contribution in [0.5, 0.6) is 11.5 Å². The summed E-state index contributed by atoms with van der Waals surface area (Å²) in [6.45, 7) is 4.79. The molecule has 2 heteroatoms. The molecular formula is C73H47NO. The molecule has 1 aliphatic heterocycles. The smallest absolute Gasteiger partial charge is 0.140 e. The van der Waals surface area contributed by atoms with Crippen LogP contribution in [0.25, 0.3) is 66.1 Å². The minimum absolute atomic E-state index is 0.204. The van der Waals surface area contributed by atoms with Crippen LogP contribution in [0.15, 0.2) is 249 Å². The molecule has 0 aromatic heterocycles. The largest absolute Gasteiger partial charge is 0.455 e. The molecule has 12 aromatic carbocycles. The van der Waals surface area contributed by atoms with Crippen molar-refractivity contribution >= 4 is 38.6 Å². The van der Waals surface area contributed by atoms with Gasteiger partial charge < -0.3 is 9.64 Å². The minimum atomic E-state index is -0.701. The van der Waals surface area contributed by atoms with Gasteiger partial charge in [0.05, 0.1) is 16.5 Å². The first kappa shape index (κ1) is 41.3. The monoisotopic (exact) mass is 953 g/mol. The van der Waals surface area contributed by atoms with Crippen LogP contribution in [0.4, 0.5) is 17.1 Å². The van der Waals surface area contributed by atoms with Gasteiger partial charge in [0.2, 0.25) is 0 Å². The van der Waals surface area contributed by atoms with Gasteiger partial charge in [0.25, 0.3) is 0 Å². The summed E-state index contributed by atoms with van der Waals surface area (Å²) in [5.41, 5.74) is 25.1. The highest BCUT2D eigenvalue weighted by atomic mass is 16.5. The zero-order valence-corrected chi connectivity index (χ0v) is 41.5. The topological polar surface area (TPSA) is 12.5 Å². The molecule has 0 atom stereocenters. The number of benzene rings is 12. The lowest BCUT2D eigenvalue weighted by Gasteiger charge is -2.40. The van der Waals surface area contributed by atoms with E-state index < -0.39 is 10.8 Å². The lowest BCUT2D eigenvalue weighted by Crippen LogP contribution is -2.32. The molecule has 0 unspecified atom stereocenters. The maximum Gasteiger partial charge on any atom is 0.140 e. The molecule has 17 rings (SSSR count). The van der Waals surface area contributed by atoms with Gasteiger partial charge in [-0.3, -0.25) is 0 Å². The van der Waals surface area contributed by atoms with Gasteiger partial charge in [-0.1, -0.05) is 232 Å². The van der Waals surface area contributed by atoms with E-state index in [2.05, 4.69) is 267 Å². The van der Waals surface area contributed by atoms with Gasteiger partial charge in [-0.15, -0.1) is 0 Å². The van der Waals surface area contributed by atoms with Crippen LogP contribution in [-0.2, 0) is 16.2 Å². The third kappa shape index (κ3) is 5.00. The van der Waals surface area contributed by atoms with Crippen molar-refractivity contribution in [2.24, 2.45) is 0 Å². The maximum absolute atomic E-state index is 7.38. The van der Waals surface area contributed by atoms with Crippen LogP contribution in [-0.4, -0.2) is 0 Å². The minimum Gasteiger partial charge on any atom is -0.455 e. The number of nitrogens with zero attached hydrogens (tertiary/aromatic N) is 1. The van der Waals surface area contributed by atoms with Crippen molar-refractivity contribution in [3.05, 3.63) is 304 Å². The van der Waals surface area contributed by atoms with E-state index in [-0.39, 0.29) is 5.41 Å². The van der Waals surface area contributed by atoms with Crippen molar-refractivity contribution in [3.63, 3.8) is 0 Å². The molecule has 0 bridgehead atoms. The van der Waals surface area contributed by atoms with Crippen molar-refractivity contribution in [2.75, 3.05) is 4.90 Å². The predicted octanol–water partition coefficient (Wildman–Crippen LogP) is 18.6. The zero-order chi connectivity index (χ0) is 49.4. The fourth-order valence-electron chi connectivity index (χ4n) is 15.1. The molecule has 0 N–H and O–H groups in total. The molecule has 0 fully saturated rings. The SMILES string of the molecule is CC1(C)c2ccccc2-c2ccc(N(c3ccc4c(c3)C3(c5ccccc5-c5ccccc53)c3ccccc3-4)c3cccc4c3-c3ccccc3C43c4ccc5ccccc5c4Oc4c3ccc3ccccc43)cc21. The Morgan fingerprint density at radius 3 is 1.25 bits per heavy atom. The first-order valence-electron chi connectivity index (χ1n) is 26.4. The fourth-order valence-corrected chi connectivity index (χ4v) is 15.1. The van der Waals surface area contributed by atoms with E-state index in [4.69, 9.17) is 4.74 Å². The average molecular weight is 954 g/mol. The molecule has 2 nitrogen and oxygen atoms in total. The molecule has 350 valence electrons.